The Morgan fingerprint density at radius 2 is 1.97 bits per heavy atom. The molecule has 4 bridgehead atoms. The lowest BCUT2D eigenvalue weighted by molar-refractivity contribution is -0.148. The second-order valence-corrected chi connectivity index (χ2v) is 13.6. The molecule has 5 saturated carbocycles. The Bertz CT molecular complexity index is 1670. The summed E-state index contributed by atoms with van der Waals surface area (Å²) in [7, 11) is 0. The average Bonchev–Trinajstić information content (AvgIpc) is 3.37. The van der Waals surface area contributed by atoms with Crippen LogP contribution in [0.3, 0.4) is 0 Å². The van der Waals surface area contributed by atoms with Crippen molar-refractivity contribution in [1.29, 1.82) is 5.26 Å². The van der Waals surface area contributed by atoms with E-state index in [0.717, 1.165) is 65.1 Å². The molecule has 5 fully saturated rings. The van der Waals surface area contributed by atoms with E-state index >= 15 is 0 Å². The van der Waals surface area contributed by atoms with Crippen molar-refractivity contribution >= 4 is 44.8 Å². The van der Waals surface area contributed by atoms with Crippen molar-refractivity contribution in [2.24, 2.45) is 17.8 Å². The molecule has 2 aromatic heterocycles. The summed E-state index contributed by atoms with van der Waals surface area (Å²) in [6, 6.07) is 13.2. The fraction of sp³-hybridized carbons (Fsp3) is 0.433. The summed E-state index contributed by atoms with van der Waals surface area (Å²) in [4.78, 5) is 4.86. The summed E-state index contributed by atoms with van der Waals surface area (Å²) < 4.78 is 13.6. The van der Waals surface area contributed by atoms with Gasteiger partial charge in [0.05, 0.1) is 44.1 Å². The van der Waals surface area contributed by atoms with E-state index < -0.39 is 5.60 Å². The summed E-state index contributed by atoms with van der Waals surface area (Å²) in [5, 5.41) is 27.8. The number of fused-ring (bicyclic) bond motifs is 1. The van der Waals surface area contributed by atoms with Gasteiger partial charge in [0.25, 0.3) is 0 Å². The molecular formula is C30H25Cl2N3O3S. The molecule has 1 N–H and O–H groups in total. The van der Waals surface area contributed by atoms with Gasteiger partial charge in [-0.3, -0.25) is 0 Å². The summed E-state index contributed by atoms with van der Waals surface area (Å²) in [5.74, 6) is 1.85. The molecule has 5 aliphatic carbocycles. The molecular weight excluding hydrogens is 553 g/mol. The molecule has 2 heterocycles. The zero-order valence-electron chi connectivity index (χ0n) is 21.0. The van der Waals surface area contributed by atoms with Gasteiger partial charge in [0.2, 0.25) is 0 Å². The largest absolute Gasteiger partial charge is 0.382 e. The Morgan fingerprint density at radius 1 is 1.15 bits per heavy atom. The molecule has 198 valence electrons. The molecule has 0 aliphatic heterocycles. The number of ether oxygens (including phenoxy) is 1. The highest BCUT2D eigenvalue weighted by molar-refractivity contribution is 7.18. The first kappa shape index (κ1) is 24.3. The Hall–Kier alpha value is -2.47. The maximum Gasteiger partial charge on any atom is 0.145 e. The summed E-state index contributed by atoms with van der Waals surface area (Å²) in [6.45, 7) is 0.384. The number of nitrogens with zero attached hydrogens (tertiary/aromatic N) is 3. The molecule has 9 rings (SSSR count). The Kier molecular flexibility index (Phi) is 5.31. The second-order valence-electron chi connectivity index (χ2n) is 11.8. The van der Waals surface area contributed by atoms with Crippen LogP contribution in [0.1, 0.15) is 66.3 Å². The van der Waals surface area contributed by atoms with Gasteiger partial charge in [-0.25, -0.2) is 4.98 Å². The molecule has 6 nitrogen and oxygen atoms in total. The zero-order valence-corrected chi connectivity index (χ0v) is 23.3. The van der Waals surface area contributed by atoms with Gasteiger partial charge >= 0.3 is 0 Å². The lowest BCUT2D eigenvalue weighted by atomic mass is 9.70. The maximum atomic E-state index is 12.2. The van der Waals surface area contributed by atoms with E-state index in [9.17, 15) is 10.4 Å². The Labute approximate surface area is 239 Å². The predicted molar refractivity (Wildman–Crippen MR) is 149 cm³/mol. The number of halogens is 2. The van der Waals surface area contributed by atoms with Crippen molar-refractivity contribution in [3.05, 3.63) is 68.3 Å². The van der Waals surface area contributed by atoms with Crippen LogP contribution in [0, 0.1) is 29.1 Å². The molecule has 4 aromatic rings. The first-order valence-corrected chi connectivity index (χ1v) is 15.1. The van der Waals surface area contributed by atoms with E-state index in [1.807, 2.05) is 30.3 Å². The van der Waals surface area contributed by atoms with E-state index in [1.54, 1.807) is 6.07 Å². The third-order valence-electron chi connectivity index (χ3n) is 9.54. The Morgan fingerprint density at radius 3 is 2.72 bits per heavy atom. The predicted octanol–water partition coefficient (Wildman–Crippen LogP) is 7.60. The number of rotatable bonds is 6. The monoisotopic (exact) mass is 577 g/mol. The number of thiazole rings is 1. The topological polar surface area (TPSA) is 92.2 Å². The molecule has 5 atom stereocenters. The molecule has 0 spiro atoms. The lowest BCUT2D eigenvalue weighted by Gasteiger charge is -2.45. The number of hydrogen-bond donors (Lipinski definition) is 1. The van der Waals surface area contributed by atoms with Crippen molar-refractivity contribution in [2.75, 3.05) is 0 Å². The van der Waals surface area contributed by atoms with Gasteiger partial charge in [-0.15, -0.1) is 11.3 Å². The Balaban J connectivity index is 1.09. The van der Waals surface area contributed by atoms with Crippen LogP contribution in [-0.4, -0.2) is 20.8 Å². The smallest absolute Gasteiger partial charge is 0.145 e. The molecule has 2 unspecified atom stereocenters. The number of nitriles is 1. The fourth-order valence-corrected chi connectivity index (χ4v) is 9.50. The van der Waals surface area contributed by atoms with Crippen LogP contribution in [0.25, 0.3) is 21.5 Å². The number of aromatic nitrogens is 2. The fourth-order valence-electron chi connectivity index (χ4n) is 7.68. The minimum Gasteiger partial charge on any atom is -0.382 e. The van der Waals surface area contributed by atoms with Gasteiger partial charge in [0, 0.05) is 23.0 Å². The number of aliphatic hydroxyl groups is 1. The SMILES string of the molecule is N#Cc1ccc2nc([C@]3(O)C4CC5C[C@](OCc6c(-c7c(Cl)cccc7Cl)noc6C6CC6)(C4)C[C@H]53)sc2c1. The van der Waals surface area contributed by atoms with E-state index in [1.165, 1.54) is 11.3 Å². The summed E-state index contributed by atoms with van der Waals surface area (Å²) >= 11 is 14.6. The maximum absolute atomic E-state index is 12.2. The highest BCUT2D eigenvalue weighted by atomic mass is 35.5. The molecule has 0 amide bonds. The molecule has 2 aromatic carbocycles. The van der Waals surface area contributed by atoms with E-state index in [2.05, 4.69) is 11.2 Å². The van der Waals surface area contributed by atoms with Gasteiger partial charge in [0.1, 0.15) is 22.1 Å². The number of benzene rings is 2. The van der Waals surface area contributed by atoms with Gasteiger partial charge in [-0.05, 0) is 80.7 Å². The van der Waals surface area contributed by atoms with E-state index in [4.69, 9.17) is 37.4 Å². The van der Waals surface area contributed by atoms with Crippen molar-refractivity contribution in [3.63, 3.8) is 0 Å². The van der Waals surface area contributed by atoms with Crippen molar-refractivity contribution < 1.29 is 14.4 Å². The average molecular weight is 579 g/mol. The molecule has 5 aliphatic rings. The van der Waals surface area contributed by atoms with Crippen LogP contribution < -0.4 is 0 Å². The highest BCUT2D eigenvalue weighted by Crippen LogP contribution is 2.69. The minimum atomic E-state index is -0.947. The molecule has 39 heavy (non-hydrogen) atoms. The van der Waals surface area contributed by atoms with Crippen LogP contribution in [0.2, 0.25) is 10.0 Å². The molecule has 9 heteroatoms. The number of hydrogen-bond acceptors (Lipinski definition) is 7. The quantitative estimate of drug-likeness (QED) is 0.253. The third kappa shape index (κ3) is 3.59. The van der Waals surface area contributed by atoms with Gasteiger partial charge in [-0.2, -0.15) is 5.26 Å². The molecule has 0 saturated heterocycles. The highest BCUT2D eigenvalue weighted by Gasteiger charge is 2.69. The van der Waals surface area contributed by atoms with Crippen LogP contribution in [0.15, 0.2) is 40.9 Å². The van der Waals surface area contributed by atoms with Crippen molar-refractivity contribution in [3.8, 4) is 17.3 Å². The van der Waals surface area contributed by atoms with Crippen molar-refractivity contribution in [2.45, 2.75) is 62.3 Å². The standard InChI is InChI=1S/C30H25Cl2N3O3S/c31-21-2-1-3-22(32)25(21)26-19(27(38-35-26)16-5-6-16)14-37-29-10-17-9-18(11-29)30(36,20(17)12-29)28-34-23-7-4-15(13-33)8-24(23)39-28/h1-4,7-8,16-18,20,36H,5-6,9-12,14H2/t17?,18?,20-,29+,30+/m1/s1. The van der Waals surface area contributed by atoms with E-state index in [-0.39, 0.29) is 17.4 Å². The third-order valence-corrected chi connectivity index (χ3v) is 11.3. The molecule has 0 radical (unpaired) electrons. The van der Waals surface area contributed by atoms with E-state index in [0.29, 0.717) is 45.3 Å². The second kappa shape index (κ2) is 8.52. The summed E-state index contributed by atoms with van der Waals surface area (Å²) in [5.41, 5.74) is 2.53. The van der Waals surface area contributed by atoms with Gasteiger partial charge in [0.15, 0.2) is 0 Å². The van der Waals surface area contributed by atoms with Crippen LogP contribution >= 0.6 is 34.5 Å². The normalized spacial score (nSPS) is 30.9. The van der Waals surface area contributed by atoms with Gasteiger partial charge < -0.3 is 14.4 Å². The lowest BCUT2D eigenvalue weighted by Crippen LogP contribution is -2.48. The van der Waals surface area contributed by atoms with Crippen LogP contribution in [0.5, 0.6) is 0 Å². The first-order chi connectivity index (χ1) is 18.9. The first-order valence-electron chi connectivity index (χ1n) is 13.5. The minimum absolute atomic E-state index is 0.0915. The van der Waals surface area contributed by atoms with Crippen LogP contribution in [-0.2, 0) is 16.9 Å². The summed E-state index contributed by atoms with van der Waals surface area (Å²) in [6.07, 6.45) is 5.69. The van der Waals surface area contributed by atoms with Crippen molar-refractivity contribution in [1.82, 2.24) is 10.1 Å². The zero-order chi connectivity index (χ0) is 26.5. The van der Waals surface area contributed by atoms with Gasteiger partial charge in [-0.1, -0.05) is 34.4 Å². The van der Waals surface area contributed by atoms with Crippen LogP contribution in [0.4, 0.5) is 0 Å².